The number of para-hydroxylation sites is 1. The first-order chi connectivity index (χ1) is 16.7. The van der Waals surface area contributed by atoms with Crippen LogP contribution >= 0.6 is 0 Å². The number of carbonyl (C=O) groups is 2. The van der Waals surface area contributed by atoms with Gasteiger partial charge in [0, 0.05) is 42.0 Å². The molecule has 0 spiro atoms. The number of fused-ring (bicyclic) bond motifs is 2. The van der Waals surface area contributed by atoms with E-state index in [0.717, 1.165) is 16.7 Å². The van der Waals surface area contributed by atoms with Gasteiger partial charge in [-0.05, 0) is 49.2 Å². The summed E-state index contributed by atoms with van der Waals surface area (Å²) in [6, 6.07) is 17.0. The second kappa shape index (κ2) is 8.43. The molecule has 7 nitrogen and oxygen atoms in total. The Bertz CT molecular complexity index is 1570. The summed E-state index contributed by atoms with van der Waals surface area (Å²) in [6.45, 7) is 4.35. The van der Waals surface area contributed by atoms with Crippen molar-refractivity contribution in [1.82, 2.24) is 4.90 Å². The van der Waals surface area contributed by atoms with Crippen molar-refractivity contribution in [3.63, 3.8) is 0 Å². The van der Waals surface area contributed by atoms with Gasteiger partial charge in [-0.3, -0.25) is 9.59 Å². The maximum atomic E-state index is 13.1. The molecule has 7 heteroatoms. The molecule has 0 fully saturated rings. The Balaban J connectivity index is 1.62. The molecule has 1 amide bonds. The summed E-state index contributed by atoms with van der Waals surface area (Å²) in [7, 11) is 1.75. The number of anilines is 1. The van der Waals surface area contributed by atoms with E-state index in [1.165, 1.54) is 12.1 Å². The molecule has 1 aromatic heterocycles. The van der Waals surface area contributed by atoms with E-state index in [2.05, 4.69) is 5.32 Å². The normalized spacial score (nSPS) is 13.7. The molecule has 4 aromatic rings. The van der Waals surface area contributed by atoms with E-state index >= 15 is 0 Å². The summed E-state index contributed by atoms with van der Waals surface area (Å²) in [5.74, 6) is -0.716. The van der Waals surface area contributed by atoms with Gasteiger partial charge in [0.15, 0.2) is 5.43 Å². The molecule has 1 aliphatic heterocycles. The largest absolute Gasteiger partial charge is 0.478 e. The highest BCUT2D eigenvalue weighted by molar-refractivity contribution is 5.99. The SMILES string of the molecule is Cc1cc(C(C)Nc2ccccc2C(=O)O)c2oc(-c3ccc4c(c3)C(=O)N(C)C4)cc(=O)c2c1. The minimum atomic E-state index is -1.03. The van der Waals surface area contributed by atoms with Gasteiger partial charge in [-0.2, -0.15) is 0 Å². The molecule has 2 heterocycles. The molecule has 0 saturated carbocycles. The fraction of sp³-hybridized carbons (Fsp3) is 0.179. The molecular weight excluding hydrogens is 444 g/mol. The second-order valence-electron chi connectivity index (χ2n) is 8.96. The minimum Gasteiger partial charge on any atom is -0.478 e. The lowest BCUT2D eigenvalue weighted by Gasteiger charge is -2.19. The van der Waals surface area contributed by atoms with Crippen LogP contribution in [0.1, 0.15) is 50.4 Å². The Morgan fingerprint density at radius 2 is 1.86 bits per heavy atom. The van der Waals surface area contributed by atoms with Gasteiger partial charge in [-0.1, -0.05) is 30.3 Å². The molecule has 176 valence electrons. The maximum Gasteiger partial charge on any atom is 0.337 e. The second-order valence-corrected chi connectivity index (χ2v) is 8.96. The zero-order valence-electron chi connectivity index (χ0n) is 19.6. The summed E-state index contributed by atoms with van der Waals surface area (Å²) in [6.07, 6.45) is 0. The molecule has 0 radical (unpaired) electrons. The first kappa shape index (κ1) is 22.4. The van der Waals surface area contributed by atoms with Crippen LogP contribution in [0.4, 0.5) is 5.69 Å². The van der Waals surface area contributed by atoms with Gasteiger partial charge in [0.2, 0.25) is 0 Å². The number of rotatable bonds is 5. The maximum absolute atomic E-state index is 13.1. The van der Waals surface area contributed by atoms with Crippen molar-refractivity contribution < 1.29 is 19.1 Å². The van der Waals surface area contributed by atoms with Gasteiger partial charge in [0.05, 0.1) is 17.0 Å². The molecular formula is C28H24N2O5. The number of carbonyl (C=O) groups excluding carboxylic acids is 1. The Hall–Kier alpha value is -4.39. The van der Waals surface area contributed by atoms with Crippen LogP contribution in [0.25, 0.3) is 22.3 Å². The highest BCUT2D eigenvalue weighted by Crippen LogP contribution is 2.33. The summed E-state index contributed by atoms with van der Waals surface area (Å²) in [5.41, 5.74) is 4.69. The number of aromatic carboxylic acids is 1. The van der Waals surface area contributed by atoms with Crippen LogP contribution in [-0.2, 0) is 6.54 Å². The van der Waals surface area contributed by atoms with E-state index in [1.807, 2.05) is 32.0 Å². The van der Waals surface area contributed by atoms with Crippen LogP contribution in [-0.4, -0.2) is 28.9 Å². The van der Waals surface area contributed by atoms with E-state index < -0.39 is 5.97 Å². The highest BCUT2D eigenvalue weighted by atomic mass is 16.4. The van der Waals surface area contributed by atoms with Crippen molar-refractivity contribution >= 4 is 28.5 Å². The van der Waals surface area contributed by atoms with Crippen molar-refractivity contribution in [1.29, 1.82) is 0 Å². The summed E-state index contributed by atoms with van der Waals surface area (Å²) >= 11 is 0. The summed E-state index contributed by atoms with van der Waals surface area (Å²) < 4.78 is 6.29. The number of benzene rings is 3. The van der Waals surface area contributed by atoms with Crippen LogP contribution in [0, 0.1) is 6.92 Å². The average molecular weight is 469 g/mol. The number of carboxylic acid groups (broad SMARTS) is 1. The smallest absolute Gasteiger partial charge is 0.337 e. The molecule has 2 N–H and O–H groups in total. The highest BCUT2D eigenvalue weighted by Gasteiger charge is 2.25. The van der Waals surface area contributed by atoms with Gasteiger partial charge in [-0.25, -0.2) is 4.79 Å². The summed E-state index contributed by atoms with van der Waals surface area (Å²) in [5, 5.41) is 13.2. The lowest BCUT2D eigenvalue weighted by Crippen LogP contribution is -2.17. The molecule has 1 aliphatic rings. The molecule has 1 atom stereocenters. The lowest BCUT2D eigenvalue weighted by molar-refractivity contribution is 0.0697. The fourth-order valence-corrected chi connectivity index (χ4v) is 4.60. The number of nitrogens with one attached hydrogen (secondary N) is 1. The van der Waals surface area contributed by atoms with E-state index in [1.54, 1.807) is 42.3 Å². The topological polar surface area (TPSA) is 99.8 Å². The number of amides is 1. The number of nitrogens with zero attached hydrogens (tertiary/aromatic N) is 1. The summed E-state index contributed by atoms with van der Waals surface area (Å²) in [4.78, 5) is 38.9. The van der Waals surface area contributed by atoms with Gasteiger partial charge in [0.25, 0.3) is 5.91 Å². The van der Waals surface area contributed by atoms with Crippen molar-refractivity contribution in [2.45, 2.75) is 26.4 Å². The van der Waals surface area contributed by atoms with Crippen LogP contribution < -0.4 is 10.7 Å². The molecule has 35 heavy (non-hydrogen) atoms. The van der Waals surface area contributed by atoms with Crippen LogP contribution in [0.2, 0.25) is 0 Å². The third kappa shape index (κ3) is 3.95. The molecule has 0 saturated heterocycles. The Labute approximate surface area is 201 Å². The molecule has 5 rings (SSSR count). The predicted octanol–water partition coefficient (Wildman–Crippen LogP) is 5.23. The fourth-order valence-electron chi connectivity index (χ4n) is 4.60. The number of hydrogen-bond donors (Lipinski definition) is 2. The zero-order valence-corrected chi connectivity index (χ0v) is 19.6. The van der Waals surface area contributed by atoms with Crippen LogP contribution in [0.15, 0.2) is 69.9 Å². The van der Waals surface area contributed by atoms with Gasteiger partial charge < -0.3 is 19.7 Å². The first-order valence-electron chi connectivity index (χ1n) is 11.3. The van der Waals surface area contributed by atoms with Crippen molar-refractivity contribution in [3.8, 4) is 11.3 Å². The van der Waals surface area contributed by atoms with E-state index in [4.69, 9.17) is 4.42 Å². The number of hydrogen-bond acceptors (Lipinski definition) is 5. The van der Waals surface area contributed by atoms with Crippen molar-refractivity contribution in [2.24, 2.45) is 0 Å². The minimum absolute atomic E-state index is 0.0591. The van der Waals surface area contributed by atoms with Gasteiger partial charge in [-0.15, -0.1) is 0 Å². The predicted molar refractivity (Wildman–Crippen MR) is 134 cm³/mol. The standard InChI is InChI=1S/C28H24N2O5/c1-15-10-20(16(2)29-23-7-5-4-6-19(23)28(33)34)26-22(11-15)24(31)13-25(35-26)17-8-9-18-14-30(3)27(32)21(18)12-17/h4-13,16,29H,14H2,1-3H3,(H,33,34). The van der Waals surface area contributed by atoms with E-state index in [-0.39, 0.29) is 22.9 Å². The van der Waals surface area contributed by atoms with Gasteiger partial charge >= 0.3 is 5.97 Å². The quantitative estimate of drug-likeness (QED) is 0.416. The van der Waals surface area contributed by atoms with Crippen molar-refractivity contribution in [2.75, 3.05) is 12.4 Å². The van der Waals surface area contributed by atoms with E-state index in [0.29, 0.717) is 40.1 Å². The molecule has 0 aliphatic carbocycles. The number of carboxylic acids is 1. The monoisotopic (exact) mass is 468 g/mol. The van der Waals surface area contributed by atoms with Crippen molar-refractivity contribution in [3.05, 3.63) is 98.7 Å². The van der Waals surface area contributed by atoms with Crippen LogP contribution in [0.3, 0.4) is 0 Å². The Morgan fingerprint density at radius 3 is 2.63 bits per heavy atom. The van der Waals surface area contributed by atoms with Gasteiger partial charge in [0.1, 0.15) is 11.3 Å². The molecule has 0 bridgehead atoms. The van der Waals surface area contributed by atoms with E-state index in [9.17, 15) is 19.5 Å². The average Bonchev–Trinajstić information content (AvgIpc) is 3.12. The third-order valence-electron chi connectivity index (χ3n) is 6.38. The molecule has 3 aromatic carbocycles. The van der Waals surface area contributed by atoms with Crippen LogP contribution in [0.5, 0.6) is 0 Å². The Kier molecular flexibility index (Phi) is 5.40. The zero-order chi connectivity index (χ0) is 24.9. The third-order valence-corrected chi connectivity index (χ3v) is 6.38. The Morgan fingerprint density at radius 1 is 1.09 bits per heavy atom. The molecule has 1 unspecified atom stereocenters. The first-order valence-corrected chi connectivity index (χ1v) is 11.3. The number of aryl methyl sites for hydroxylation is 1. The lowest BCUT2D eigenvalue weighted by atomic mass is 9.99.